The van der Waals surface area contributed by atoms with Crippen molar-refractivity contribution in [2.24, 2.45) is 4.99 Å². The molecule has 0 aromatic rings. The zero-order chi connectivity index (χ0) is 17.3. The van der Waals surface area contributed by atoms with Gasteiger partial charge in [0.2, 0.25) is 0 Å². The van der Waals surface area contributed by atoms with Gasteiger partial charge in [-0.15, -0.1) is 24.0 Å². The summed E-state index contributed by atoms with van der Waals surface area (Å²) < 4.78 is 5.19. The Morgan fingerprint density at radius 3 is 2.46 bits per heavy atom. The summed E-state index contributed by atoms with van der Waals surface area (Å²) in [6.07, 6.45) is 6.30. The second-order valence-electron chi connectivity index (χ2n) is 6.79. The highest BCUT2D eigenvalue weighted by Crippen LogP contribution is 2.27. The van der Waals surface area contributed by atoms with Crippen LogP contribution in [0.2, 0.25) is 0 Å². The first-order valence-electron chi connectivity index (χ1n) is 8.31. The number of hydrogen-bond donors (Lipinski definition) is 3. The number of hydrogen-bond acceptors (Lipinski definition) is 4. The van der Waals surface area contributed by atoms with Crippen LogP contribution in [0, 0.1) is 0 Å². The summed E-state index contributed by atoms with van der Waals surface area (Å²) in [5, 5.41) is 10.3. The van der Waals surface area contributed by atoms with E-state index in [0.717, 1.165) is 24.2 Å². The molecule has 1 amide bonds. The van der Waals surface area contributed by atoms with Gasteiger partial charge in [-0.1, -0.05) is 0 Å². The number of rotatable bonds is 6. The lowest BCUT2D eigenvalue weighted by atomic mass is 10.2. The van der Waals surface area contributed by atoms with Crippen LogP contribution in [0.25, 0.3) is 0 Å². The fourth-order valence-electron chi connectivity index (χ4n) is 2.47. The minimum Gasteiger partial charge on any atom is -0.444 e. The zero-order valence-electron chi connectivity index (χ0n) is 15.5. The zero-order valence-corrected chi connectivity index (χ0v) is 18.6. The van der Waals surface area contributed by atoms with E-state index < -0.39 is 5.60 Å². The molecule has 3 N–H and O–H groups in total. The number of nitrogens with one attached hydrogen (secondary N) is 3. The number of ether oxygens (including phenoxy) is 1. The molecule has 8 heteroatoms. The van der Waals surface area contributed by atoms with Gasteiger partial charge in [0.25, 0.3) is 0 Å². The van der Waals surface area contributed by atoms with Crippen molar-refractivity contribution in [2.45, 2.75) is 63.3 Å². The van der Waals surface area contributed by atoms with Gasteiger partial charge >= 0.3 is 6.09 Å². The molecule has 6 nitrogen and oxygen atoms in total. The molecule has 1 fully saturated rings. The van der Waals surface area contributed by atoms with Crippen LogP contribution in [0.15, 0.2) is 4.99 Å². The number of carbonyl (C=O) groups excluding carboxylic acids is 1. The predicted molar refractivity (Wildman–Crippen MR) is 114 cm³/mol. The summed E-state index contributed by atoms with van der Waals surface area (Å²) in [6.45, 7) is 6.91. The summed E-state index contributed by atoms with van der Waals surface area (Å²) in [7, 11) is 1.79. The van der Waals surface area contributed by atoms with Gasteiger partial charge in [0, 0.05) is 31.4 Å². The van der Waals surface area contributed by atoms with E-state index in [4.69, 9.17) is 4.74 Å². The number of halogens is 1. The molecular weight excluding hydrogens is 439 g/mol. The largest absolute Gasteiger partial charge is 0.444 e. The molecule has 1 aliphatic rings. The Bertz CT molecular complexity index is 402. The molecule has 2 unspecified atom stereocenters. The van der Waals surface area contributed by atoms with Gasteiger partial charge in [0.15, 0.2) is 5.96 Å². The molecule has 1 aliphatic carbocycles. The Hall–Kier alpha value is -0.380. The first-order chi connectivity index (χ1) is 10.8. The molecule has 1 rings (SSSR count). The first-order valence-corrected chi connectivity index (χ1v) is 9.59. The summed E-state index contributed by atoms with van der Waals surface area (Å²) >= 11 is 1.95. The lowest BCUT2D eigenvalue weighted by Gasteiger charge is -2.20. The summed E-state index contributed by atoms with van der Waals surface area (Å²) in [5.41, 5.74) is -0.454. The van der Waals surface area contributed by atoms with Crippen molar-refractivity contribution < 1.29 is 9.53 Å². The van der Waals surface area contributed by atoms with Crippen LogP contribution in [0.5, 0.6) is 0 Å². The highest BCUT2D eigenvalue weighted by atomic mass is 127. The van der Waals surface area contributed by atoms with E-state index in [1.165, 1.54) is 19.3 Å². The van der Waals surface area contributed by atoms with Crippen LogP contribution in [0.4, 0.5) is 4.79 Å². The average molecular weight is 472 g/mol. The van der Waals surface area contributed by atoms with Crippen LogP contribution < -0.4 is 16.0 Å². The standard InChI is InChI=1S/C16H32N4O2S.HI/c1-16(2,3)22-15(21)19-10-6-9-18-14(17-4)20-12-7-8-13(11-12)23-5;/h12-13H,6-11H2,1-5H3,(H,19,21)(H2,17,18,20);1H. The van der Waals surface area contributed by atoms with Crippen molar-refractivity contribution in [1.82, 2.24) is 16.0 Å². The third-order valence-corrected chi connectivity index (χ3v) is 4.69. The van der Waals surface area contributed by atoms with E-state index in [-0.39, 0.29) is 30.1 Å². The first kappa shape index (κ1) is 23.6. The maximum absolute atomic E-state index is 11.5. The Morgan fingerprint density at radius 1 is 1.25 bits per heavy atom. The molecule has 0 radical (unpaired) electrons. The van der Waals surface area contributed by atoms with Gasteiger partial charge < -0.3 is 20.7 Å². The maximum Gasteiger partial charge on any atom is 0.407 e. The van der Waals surface area contributed by atoms with Crippen molar-refractivity contribution in [3.05, 3.63) is 0 Å². The number of amides is 1. The second-order valence-corrected chi connectivity index (χ2v) is 7.93. The minimum absolute atomic E-state index is 0. The smallest absolute Gasteiger partial charge is 0.407 e. The number of thioether (sulfide) groups is 1. The predicted octanol–water partition coefficient (Wildman–Crippen LogP) is 2.97. The van der Waals surface area contributed by atoms with Gasteiger partial charge in [0.1, 0.15) is 5.60 Å². The molecule has 142 valence electrons. The normalized spacial score (nSPS) is 21.0. The second kappa shape index (κ2) is 12.1. The van der Waals surface area contributed by atoms with Crippen molar-refractivity contribution in [3.8, 4) is 0 Å². The van der Waals surface area contributed by atoms with Gasteiger partial charge in [-0.25, -0.2) is 4.79 Å². The lowest BCUT2D eigenvalue weighted by Crippen LogP contribution is -2.43. The fourth-order valence-corrected chi connectivity index (χ4v) is 3.27. The number of alkyl carbamates (subject to hydrolysis) is 1. The molecule has 0 heterocycles. The van der Waals surface area contributed by atoms with Gasteiger partial charge in [-0.2, -0.15) is 11.8 Å². The van der Waals surface area contributed by atoms with Crippen LogP contribution in [-0.2, 0) is 4.74 Å². The van der Waals surface area contributed by atoms with Gasteiger partial charge in [0.05, 0.1) is 0 Å². The topological polar surface area (TPSA) is 74.8 Å². The molecule has 24 heavy (non-hydrogen) atoms. The van der Waals surface area contributed by atoms with E-state index in [9.17, 15) is 4.79 Å². The third-order valence-electron chi connectivity index (χ3n) is 3.60. The highest BCUT2D eigenvalue weighted by Gasteiger charge is 2.24. The number of aliphatic imine (C=N–C) groups is 1. The van der Waals surface area contributed by atoms with E-state index in [2.05, 4.69) is 27.2 Å². The summed E-state index contributed by atoms with van der Waals surface area (Å²) in [4.78, 5) is 15.8. The molecule has 0 aliphatic heterocycles. The minimum atomic E-state index is -0.454. The van der Waals surface area contributed by atoms with Crippen molar-refractivity contribution in [2.75, 3.05) is 26.4 Å². The van der Waals surface area contributed by atoms with Gasteiger partial charge in [-0.3, -0.25) is 4.99 Å². The fraction of sp³-hybridized carbons (Fsp3) is 0.875. The van der Waals surface area contributed by atoms with E-state index in [1.54, 1.807) is 7.05 Å². The molecule has 0 spiro atoms. The van der Waals surface area contributed by atoms with Crippen LogP contribution >= 0.6 is 35.7 Å². The SMILES string of the molecule is CN=C(NCCCNC(=O)OC(C)(C)C)NC1CCC(SC)C1.I. The maximum atomic E-state index is 11.5. The van der Waals surface area contributed by atoms with Crippen LogP contribution in [0.1, 0.15) is 46.5 Å². The Labute approximate surface area is 167 Å². The molecule has 2 atom stereocenters. The third kappa shape index (κ3) is 10.5. The van der Waals surface area contributed by atoms with E-state index >= 15 is 0 Å². The van der Waals surface area contributed by atoms with Gasteiger partial charge in [-0.05, 0) is 52.7 Å². The monoisotopic (exact) mass is 472 g/mol. The molecule has 1 saturated carbocycles. The summed E-state index contributed by atoms with van der Waals surface area (Å²) in [5.74, 6) is 0.842. The van der Waals surface area contributed by atoms with Crippen LogP contribution in [-0.4, -0.2) is 55.3 Å². The van der Waals surface area contributed by atoms with E-state index in [0.29, 0.717) is 12.6 Å². The molecular formula is C16H33IN4O2S. The Morgan fingerprint density at radius 2 is 1.92 bits per heavy atom. The highest BCUT2D eigenvalue weighted by molar-refractivity contribution is 14.0. The average Bonchev–Trinajstić information content (AvgIpc) is 2.91. The molecule has 0 saturated heterocycles. The number of carbonyl (C=O) groups is 1. The Balaban J connectivity index is 0.00000529. The van der Waals surface area contributed by atoms with Crippen molar-refractivity contribution >= 4 is 47.8 Å². The van der Waals surface area contributed by atoms with Crippen LogP contribution in [0.3, 0.4) is 0 Å². The van der Waals surface area contributed by atoms with E-state index in [1.807, 2.05) is 32.5 Å². The quantitative estimate of drug-likeness (QED) is 0.240. The molecule has 0 aromatic carbocycles. The molecule has 0 aromatic heterocycles. The summed E-state index contributed by atoms with van der Waals surface area (Å²) in [6, 6.07) is 0.513. The van der Waals surface area contributed by atoms with Crippen molar-refractivity contribution in [1.29, 1.82) is 0 Å². The number of nitrogens with zero attached hydrogens (tertiary/aromatic N) is 1. The van der Waals surface area contributed by atoms with Crippen molar-refractivity contribution in [3.63, 3.8) is 0 Å². The Kier molecular flexibility index (Phi) is 11.9. The molecule has 0 bridgehead atoms. The lowest BCUT2D eigenvalue weighted by molar-refractivity contribution is 0.0527. The number of guanidine groups is 1.